The van der Waals surface area contributed by atoms with Crippen LogP contribution in [0.5, 0.6) is 5.75 Å². The van der Waals surface area contributed by atoms with Crippen molar-refractivity contribution < 1.29 is 19.1 Å². The van der Waals surface area contributed by atoms with Crippen molar-refractivity contribution in [2.45, 2.75) is 13.5 Å². The van der Waals surface area contributed by atoms with Gasteiger partial charge in [-0.25, -0.2) is 9.50 Å². The number of esters is 1. The Bertz CT molecular complexity index is 1220. The molecule has 0 saturated carbocycles. The van der Waals surface area contributed by atoms with E-state index in [9.17, 15) is 9.59 Å². The summed E-state index contributed by atoms with van der Waals surface area (Å²) in [6.07, 6.45) is 1.38. The number of pyridine rings is 1. The maximum Gasteiger partial charge on any atom is 0.325 e. The third kappa shape index (κ3) is 4.59. The van der Waals surface area contributed by atoms with Crippen LogP contribution in [0.1, 0.15) is 22.8 Å². The fraction of sp³-hybridized carbons (Fsp3) is 0.167. The molecule has 0 aliphatic heterocycles. The van der Waals surface area contributed by atoms with Gasteiger partial charge in [0, 0.05) is 11.6 Å². The molecule has 0 spiro atoms. The van der Waals surface area contributed by atoms with Gasteiger partial charge in [-0.2, -0.15) is 5.10 Å². The molecule has 4 rings (SSSR count). The van der Waals surface area contributed by atoms with Crippen LogP contribution in [-0.4, -0.2) is 39.6 Å². The Hall–Kier alpha value is -4.20. The first kappa shape index (κ1) is 21.0. The molecule has 0 fully saturated rings. The second kappa shape index (κ2) is 9.74. The minimum atomic E-state index is -0.522. The molecule has 0 radical (unpaired) electrons. The summed E-state index contributed by atoms with van der Waals surface area (Å²) < 4.78 is 12.6. The summed E-state index contributed by atoms with van der Waals surface area (Å²) in [7, 11) is 0. The number of rotatable bonds is 8. The predicted octanol–water partition coefficient (Wildman–Crippen LogP) is 3.27. The maximum absolute atomic E-state index is 13.1. The number of carbonyl (C=O) groups is 2. The highest BCUT2D eigenvalue weighted by molar-refractivity contribution is 6.04. The van der Waals surface area contributed by atoms with Gasteiger partial charge in [-0.05, 0) is 12.5 Å². The number of hydrogen-bond acceptors (Lipinski definition) is 6. The fourth-order valence-electron chi connectivity index (χ4n) is 3.29. The average molecular weight is 430 g/mol. The second-order valence-corrected chi connectivity index (χ2v) is 6.89. The maximum atomic E-state index is 13.1. The van der Waals surface area contributed by atoms with Crippen molar-refractivity contribution >= 4 is 17.5 Å². The Labute approximate surface area is 184 Å². The molecule has 2 aromatic carbocycles. The van der Waals surface area contributed by atoms with Crippen molar-refractivity contribution in [1.82, 2.24) is 19.9 Å². The second-order valence-electron chi connectivity index (χ2n) is 6.89. The third-order valence-corrected chi connectivity index (χ3v) is 4.75. The molecule has 0 bridgehead atoms. The summed E-state index contributed by atoms with van der Waals surface area (Å²) >= 11 is 0. The van der Waals surface area contributed by atoms with Gasteiger partial charge >= 0.3 is 5.97 Å². The van der Waals surface area contributed by atoms with E-state index in [0.29, 0.717) is 11.4 Å². The molecular weight excluding hydrogens is 408 g/mol. The van der Waals surface area contributed by atoms with Crippen LogP contribution in [0.4, 0.5) is 0 Å². The van der Waals surface area contributed by atoms with E-state index in [1.54, 1.807) is 17.5 Å². The largest absolute Gasteiger partial charge is 0.488 e. The first-order valence-electron chi connectivity index (χ1n) is 10.2. The molecule has 1 amide bonds. The summed E-state index contributed by atoms with van der Waals surface area (Å²) in [4.78, 5) is 29.1. The van der Waals surface area contributed by atoms with Crippen LogP contribution in [-0.2, 0) is 16.1 Å². The molecule has 4 aromatic rings. The molecule has 0 saturated heterocycles. The van der Waals surface area contributed by atoms with Gasteiger partial charge in [-0.3, -0.25) is 9.59 Å². The van der Waals surface area contributed by atoms with Crippen LogP contribution in [0.25, 0.3) is 16.9 Å². The summed E-state index contributed by atoms with van der Waals surface area (Å²) in [5, 5.41) is 6.89. The Morgan fingerprint density at radius 2 is 1.75 bits per heavy atom. The highest BCUT2D eigenvalue weighted by Gasteiger charge is 2.23. The zero-order valence-electron chi connectivity index (χ0n) is 17.5. The lowest BCUT2D eigenvalue weighted by Crippen LogP contribution is -2.31. The molecule has 8 heteroatoms. The van der Waals surface area contributed by atoms with E-state index < -0.39 is 11.9 Å². The normalized spacial score (nSPS) is 10.7. The summed E-state index contributed by atoms with van der Waals surface area (Å²) in [5.41, 5.74) is 3.10. The molecule has 0 aliphatic carbocycles. The quantitative estimate of drug-likeness (QED) is 0.431. The molecular formula is C24H22N4O4. The first-order chi connectivity index (χ1) is 15.7. The summed E-state index contributed by atoms with van der Waals surface area (Å²) in [5.74, 6) is -0.681. The summed E-state index contributed by atoms with van der Waals surface area (Å²) in [6.45, 7) is 1.95. The van der Waals surface area contributed by atoms with Crippen LogP contribution in [0, 0.1) is 0 Å². The van der Waals surface area contributed by atoms with Crippen molar-refractivity contribution in [3.63, 3.8) is 0 Å². The van der Waals surface area contributed by atoms with Gasteiger partial charge in [-0.15, -0.1) is 0 Å². The monoisotopic (exact) mass is 430 g/mol. The Kier molecular flexibility index (Phi) is 6.41. The van der Waals surface area contributed by atoms with Gasteiger partial charge < -0.3 is 14.8 Å². The minimum Gasteiger partial charge on any atom is -0.488 e. The van der Waals surface area contributed by atoms with Gasteiger partial charge in [0.15, 0.2) is 5.65 Å². The number of nitrogens with zero attached hydrogens (tertiary/aromatic N) is 3. The van der Waals surface area contributed by atoms with E-state index in [1.165, 1.54) is 6.33 Å². The Morgan fingerprint density at radius 1 is 1.03 bits per heavy atom. The lowest BCUT2D eigenvalue weighted by Gasteiger charge is -2.15. The number of fused-ring (bicyclic) bond motifs is 1. The smallest absolute Gasteiger partial charge is 0.325 e. The number of carbonyl (C=O) groups excluding carboxylic acids is 2. The average Bonchev–Trinajstić information content (AvgIpc) is 3.31. The first-order valence-corrected chi connectivity index (χ1v) is 10.2. The molecule has 162 valence electrons. The predicted molar refractivity (Wildman–Crippen MR) is 118 cm³/mol. The zero-order chi connectivity index (χ0) is 22.3. The van der Waals surface area contributed by atoms with Crippen molar-refractivity contribution in [1.29, 1.82) is 0 Å². The molecule has 0 aliphatic rings. The lowest BCUT2D eigenvalue weighted by atomic mass is 10.1. The van der Waals surface area contributed by atoms with Crippen LogP contribution in [0.15, 0.2) is 73.1 Å². The molecule has 32 heavy (non-hydrogen) atoms. The standard InChI is InChI=1S/C24H22N4O4/c1-2-31-21(29)14-25-24(30)22-20(32-15-17-9-5-3-6-10-17)13-19(18-11-7-4-8-12-18)28-23(22)26-16-27-28/h3-13,16H,2,14-15H2,1H3,(H,25,30). The third-order valence-electron chi connectivity index (χ3n) is 4.75. The van der Waals surface area contributed by atoms with Crippen LogP contribution >= 0.6 is 0 Å². The summed E-state index contributed by atoms with van der Waals surface area (Å²) in [6, 6.07) is 21.0. The van der Waals surface area contributed by atoms with Crippen molar-refractivity contribution in [2.75, 3.05) is 13.2 Å². The van der Waals surface area contributed by atoms with Gasteiger partial charge in [0.25, 0.3) is 5.91 Å². The SMILES string of the molecule is CCOC(=O)CNC(=O)c1c(OCc2ccccc2)cc(-c2ccccc2)n2ncnc12. The van der Waals surface area contributed by atoms with Gasteiger partial charge in [0.05, 0.1) is 12.3 Å². The number of amides is 1. The zero-order valence-corrected chi connectivity index (χ0v) is 17.5. The van der Waals surface area contributed by atoms with E-state index in [-0.39, 0.29) is 25.3 Å². The van der Waals surface area contributed by atoms with Crippen molar-refractivity contribution in [3.8, 4) is 17.0 Å². The Morgan fingerprint density at radius 3 is 2.47 bits per heavy atom. The minimum absolute atomic E-state index is 0.197. The molecule has 8 nitrogen and oxygen atoms in total. The van der Waals surface area contributed by atoms with Crippen molar-refractivity contribution in [2.24, 2.45) is 0 Å². The highest BCUT2D eigenvalue weighted by atomic mass is 16.5. The topological polar surface area (TPSA) is 94.8 Å². The van der Waals surface area contributed by atoms with Gasteiger partial charge in [-0.1, -0.05) is 60.7 Å². The highest BCUT2D eigenvalue weighted by Crippen LogP contribution is 2.30. The van der Waals surface area contributed by atoms with E-state index in [2.05, 4.69) is 15.4 Å². The van der Waals surface area contributed by atoms with Gasteiger partial charge in [0.2, 0.25) is 0 Å². The van der Waals surface area contributed by atoms with Gasteiger partial charge in [0.1, 0.15) is 30.8 Å². The molecule has 2 aromatic heterocycles. The lowest BCUT2D eigenvalue weighted by molar-refractivity contribution is -0.141. The molecule has 0 atom stereocenters. The Balaban J connectivity index is 1.75. The van der Waals surface area contributed by atoms with Crippen molar-refractivity contribution in [3.05, 3.63) is 84.2 Å². The van der Waals surface area contributed by atoms with E-state index in [1.807, 2.05) is 60.7 Å². The number of ether oxygens (including phenoxy) is 2. The van der Waals surface area contributed by atoms with Crippen LogP contribution in [0.3, 0.4) is 0 Å². The van der Waals surface area contributed by atoms with Crippen LogP contribution in [0.2, 0.25) is 0 Å². The van der Waals surface area contributed by atoms with E-state index in [4.69, 9.17) is 9.47 Å². The number of nitrogens with one attached hydrogen (secondary N) is 1. The molecule has 1 N–H and O–H groups in total. The molecule has 2 heterocycles. The number of hydrogen-bond donors (Lipinski definition) is 1. The van der Waals surface area contributed by atoms with E-state index in [0.717, 1.165) is 16.8 Å². The molecule has 0 unspecified atom stereocenters. The fourth-order valence-corrected chi connectivity index (χ4v) is 3.29. The van der Waals surface area contributed by atoms with Crippen LogP contribution < -0.4 is 10.1 Å². The number of aromatic nitrogens is 3. The van der Waals surface area contributed by atoms with E-state index >= 15 is 0 Å². The number of benzene rings is 2.